The number of nitrogens with one attached hydrogen (secondary N) is 2. The van der Waals surface area contributed by atoms with Crippen molar-refractivity contribution in [1.82, 2.24) is 15.5 Å². The number of rotatable bonds is 9. The highest BCUT2D eigenvalue weighted by Gasteiger charge is 2.26. The van der Waals surface area contributed by atoms with Gasteiger partial charge in [0.15, 0.2) is 0 Å². The van der Waals surface area contributed by atoms with E-state index in [-0.39, 0.29) is 12.0 Å². The van der Waals surface area contributed by atoms with Gasteiger partial charge in [-0.3, -0.25) is 0 Å². The molecule has 124 valence electrons. The first-order chi connectivity index (χ1) is 9.67. The molecule has 0 fully saturated rings. The molecule has 0 aliphatic carbocycles. The average Bonchev–Trinajstić information content (AvgIpc) is 2.32. The first kappa shape index (κ1) is 19.7. The monoisotopic (exact) mass is 301 g/mol. The Morgan fingerprint density at radius 2 is 1.71 bits per heavy atom. The molecule has 2 amide bonds. The standard InChI is InChI=1S/C15H31N3O3/c1-7-11(4)13(14(19)20)17-15(21)16-12(8-10(2)3)9-18(5)6/h10-13H,7-9H2,1-6H3,(H,19,20)(H2,16,17,21)/t11?,12?,13-/m0/s1. The molecule has 0 radical (unpaired) electrons. The Hall–Kier alpha value is -1.30. The largest absolute Gasteiger partial charge is 0.480 e. The normalized spacial score (nSPS) is 15.6. The van der Waals surface area contributed by atoms with Crippen LogP contribution in [0.25, 0.3) is 0 Å². The molecule has 0 aliphatic rings. The predicted octanol–water partition coefficient (Wildman–Crippen LogP) is 1.76. The van der Waals surface area contributed by atoms with E-state index < -0.39 is 18.0 Å². The Balaban J connectivity index is 4.62. The third-order valence-corrected chi connectivity index (χ3v) is 3.44. The van der Waals surface area contributed by atoms with Crippen molar-refractivity contribution in [3.63, 3.8) is 0 Å². The number of nitrogens with zero attached hydrogens (tertiary/aromatic N) is 1. The summed E-state index contributed by atoms with van der Waals surface area (Å²) in [7, 11) is 3.90. The zero-order chi connectivity index (χ0) is 16.6. The first-order valence-electron chi connectivity index (χ1n) is 7.61. The van der Waals surface area contributed by atoms with Gasteiger partial charge in [-0.25, -0.2) is 9.59 Å². The number of carbonyl (C=O) groups excluding carboxylic acids is 1. The molecule has 0 spiro atoms. The van der Waals surface area contributed by atoms with Gasteiger partial charge in [0, 0.05) is 12.6 Å². The lowest BCUT2D eigenvalue weighted by molar-refractivity contribution is -0.140. The van der Waals surface area contributed by atoms with Crippen molar-refractivity contribution in [1.29, 1.82) is 0 Å². The van der Waals surface area contributed by atoms with Crippen molar-refractivity contribution in [2.24, 2.45) is 11.8 Å². The fourth-order valence-corrected chi connectivity index (χ4v) is 2.24. The number of amides is 2. The minimum Gasteiger partial charge on any atom is -0.480 e. The molecule has 0 aromatic rings. The van der Waals surface area contributed by atoms with Crippen LogP contribution in [0.2, 0.25) is 0 Å². The second-order valence-corrected chi connectivity index (χ2v) is 6.41. The topological polar surface area (TPSA) is 81.7 Å². The van der Waals surface area contributed by atoms with Crippen LogP contribution in [0.4, 0.5) is 4.79 Å². The van der Waals surface area contributed by atoms with E-state index in [1.54, 1.807) is 0 Å². The number of carbonyl (C=O) groups is 2. The third kappa shape index (κ3) is 8.55. The van der Waals surface area contributed by atoms with Crippen LogP contribution in [0.1, 0.15) is 40.5 Å². The van der Waals surface area contributed by atoms with E-state index in [1.165, 1.54) is 0 Å². The molecule has 0 rings (SSSR count). The smallest absolute Gasteiger partial charge is 0.326 e. The lowest BCUT2D eigenvalue weighted by Gasteiger charge is -2.26. The number of carboxylic acids is 1. The molecule has 0 heterocycles. The fourth-order valence-electron chi connectivity index (χ4n) is 2.24. The van der Waals surface area contributed by atoms with E-state index in [0.29, 0.717) is 12.3 Å². The highest BCUT2D eigenvalue weighted by molar-refractivity contribution is 5.82. The van der Waals surface area contributed by atoms with Crippen molar-refractivity contribution >= 4 is 12.0 Å². The van der Waals surface area contributed by atoms with E-state index in [9.17, 15) is 14.7 Å². The molecule has 3 N–H and O–H groups in total. The molecule has 0 aromatic carbocycles. The lowest BCUT2D eigenvalue weighted by atomic mass is 9.99. The van der Waals surface area contributed by atoms with Gasteiger partial charge in [0.25, 0.3) is 0 Å². The predicted molar refractivity (Wildman–Crippen MR) is 84.3 cm³/mol. The van der Waals surface area contributed by atoms with E-state index in [1.807, 2.05) is 32.8 Å². The molecular formula is C15H31N3O3. The summed E-state index contributed by atoms with van der Waals surface area (Å²) in [6.45, 7) is 8.66. The van der Waals surface area contributed by atoms with Gasteiger partial charge in [0.2, 0.25) is 0 Å². The minimum absolute atomic E-state index is 0.00591. The number of urea groups is 1. The zero-order valence-electron chi connectivity index (χ0n) is 14.1. The van der Waals surface area contributed by atoms with Gasteiger partial charge in [0.1, 0.15) is 6.04 Å². The van der Waals surface area contributed by atoms with Crippen molar-refractivity contribution < 1.29 is 14.7 Å². The molecule has 21 heavy (non-hydrogen) atoms. The van der Waals surface area contributed by atoms with Crippen molar-refractivity contribution in [2.45, 2.75) is 52.6 Å². The van der Waals surface area contributed by atoms with E-state index in [0.717, 1.165) is 13.0 Å². The Morgan fingerprint density at radius 3 is 2.10 bits per heavy atom. The van der Waals surface area contributed by atoms with Crippen molar-refractivity contribution in [3.05, 3.63) is 0 Å². The van der Waals surface area contributed by atoms with Crippen LogP contribution in [0, 0.1) is 11.8 Å². The number of carboxylic acid groups (broad SMARTS) is 1. The van der Waals surface area contributed by atoms with Crippen LogP contribution in [0.3, 0.4) is 0 Å². The van der Waals surface area contributed by atoms with E-state index in [2.05, 4.69) is 24.5 Å². The fraction of sp³-hybridized carbons (Fsp3) is 0.867. The Kier molecular flexibility index (Phi) is 9.01. The number of hydrogen-bond donors (Lipinski definition) is 3. The Labute approximate surface area is 128 Å². The molecule has 6 nitrogen and oxygen atoms in total. The van der Waals surface area contributed by atoms with Gasteiger partial charge in [-0.2, -0.15) is 0 Å². The lowest BCUT2D eigenvalue weighted by Crippen LogP contribution is -2.53. The van der Waals surface area contributed by atoms with Crippen LogP contribution >= 0.6 is 0 Å². The highest BCUT2D eigenvalue weighted by Crippen LogP contribution is 2.09. The molecule has 0 saturated heterocycles. The second-order valence-electron chi connectivity index (χ2n) is 6.41. The van der Waals surface area contributed by atoms with Crippen molar-refractivity contribution in [2.75, 3.05) is 20.6 Å². The van der Waals surface area contributed by atoms with Crippen LogP contribution in [-0.2, 0) is 4.79 Å². The highest BCUT2D eigenvalue weighted by atomic mass is 16.4. The minimum atomic E-state index is -0.993. The molecule has 3 atom stereocenters. The van der Waals surface area contributed by atoms with Gasteiger partial charge in [0.05, 0.1) is 0 Å². The molecule has 0 aromatic heterocycles. The van der Waals surface area contributed by atoms with Crippen LogP contribution < -0.4 is 10.6 Å². The summed E-state index contributed by atoms with van der Waals surface area (Å²) in [4.78, 5) is 25.3. The molecule has 6 heteroatoms. The number of aliphatic carboxylic acids is 1. The maximum Gasteiger partial charge on any atom is 0.326 e. The average molecular weight is 301 g/mol. The van der Waals surface area contributed by atoms with Gasteiger partial charge < -0.3 is 20.6 Å². The molecular weight excluding hydrogens is 270 g/mol. The zero-order valence-corrected chi connectivity index (χ0v) is 14.1. The van der Waals surface area contributed by atoms with Gasteiger partial charge >= 0.3 is 12.0 Å². The Morgan fingerprint density at radius 1 is 1.14 bits per heavy atom. The first-order valence-corrected chi connectivity index (χ1v) is 7.61. The third-order valence-electron chi connectivity index (χ3n) is 3.44. The van der Waals surface area contributed by atoms with E-state index in [4.69, 9.17) is 0 Å². The summed E-state index contributed by atoms with van der Waals surface area (Å²) < 4.78 is 0. The summed E-state index contributed by atoms with van der Waals surface area (Å²) in [5.74, 6) is -0.641. The summed E-state index contributed by atoms with van der Waals surface area (Å²) >= 11 is 0. The summed E-state index contributed by atoms with van der Waals surface area (Å²) in [5, 5.41) is 14.7. The SMILES string of the molecule is CCC(C)[C@H](NC(=O)NC(CC(C)C)CN(C)C)C(=O)O. The van der Waals surface area contributed by atoms with Crippen LogP contribution in [0.15, 0.2) is 0 Å². The quantitative estimate of drug-likeness (QED) is 0.606. The van der Waals surface area contributed by atoms with Gasteiger partial charge in [-0.1, -0.05) is 34.1 Å². The van der Waals surface area contributed by atoms with Gasteiger partial charge in [-0.05, 0) is 32.4 Å². The van der Waals surface area contributed by atoms with Gasteiger partial charge in [-0.15, -0.1) is 0 Å². The summed E-state index contributed by atoms with van der Waals surface area (Å²) in [6, 6.07) is -1.25. The molecule has 2 unspecified atom stereocenters. The molecule has 0 aliphatic heterocycles. The van der Waals surface area contributed by atoms with Crippen LogP contribution in [-0.4, -0.2) is 54.7 Å². The molecule has 0 bridgehead atoms. The second kappa shape index (κ2) is 9.60. The van der Waals surface area contributed by atoms with Crippen molar-refractivity contribution in [3.8, 4) is 0 Å². The van der Waals surface area contributed by atoms with E-state index >= 15 is 0 Å². The molecule has 0 saturated carbocycles. The summed E-state index contributed by atoms with van der Waals surface area (Å²) in [5.41, 5.74) is 0. The summed E-state index contributed by atoms with van der Waals surface area (Å²) in [6.07, 6.45) is 1.55. The number of hydrogen-bond acceptors (Lipinski definition) is 3. The maximum atomic E-state index is 12.0. The maximum absolute atomic E-state index is 12.0. The number of likely N-dealkylation sites (N-methyl/N-ethyl adjacent to an activating group) is 1. The van der Waals surface area contributed by atoms with Crippen LogP contribution in [0.5, 0.6) is 0 Å². The Bertz CT molecular complexity index is 322.